The molecular weight excluding hydrogens is 226 g/mol. The van der Waals surface area contributed by atoms with Gasteiger partial charge in [-0.15, -0.1) is 0 Å². The Kier molecular flexibility index (Phi) is 2.98. The third-order valence-corrected chi connectivity index (χ3v) is 3.21. The Morgan fingerprint density at radius 3 is 2.50 bits per heavy atom. The molecular formula is C13H17N5. The molecule has 0 unspecified atom stereocenters. The van der Waals surface area contributed by atoms with Crippen molar-refractivity contribution in [1.82, 2.24) is 15.3 Å². The van der Waals surface area contributed by atoms with Gasteiger partial charge < -0.3 is 16.0 Å². The van der Waals surface area contributed by atoms with Crippen LogP contribution < -0.4 is 16.0 Å². The van der Waals surface area contributed by atoms with Crippen LogP contribution >= 0.6 is 0 Å². The van der Waals surface area contributed by atoms with Gasteiger partial charge in [0.15, 0.2) is 11.6 Å². The third kappa shape index (κ3) is 2.09. The molecule has 1 aromatic heterocycles. The van der Waals surface area contributed by atoms with Crippen LogP contribution in [0.1, 0.15) is 6.42 Å². The van der Waals surface area contributed by atoms with Crippen molar-refractivity contribution in [3.05, 3.63) is 24.3 Å². The number of fused-ring (bicyclic) bond motifs is 1. The first-order valence-corrected chi connectivity index (χ1v) is 6.28. The van der Waals surface area contributed by atoms with Crippen LogP contribution in [0.5, 0.6) is 0 Å². The van der Waals surface area contributed by atoms with Crippen molar-refractivity contribution in [3.8, 4) is 0 Å². The number of anilines is 2. The van der Waals surface area contributed by atoms with Crippen molar-refractivity contribution in [2.45, 2.75) is 12.5 Å². The van der Waals surface area contributed by atoms with Gasteiger partial charge in [0.2, 0.25) is 0 Å². The summed E-state index contributed by atoms with van der Waals surface area (Å²) >= 11 is 0. The number of nitrogens with zero attached hydrogens (tertiary/aromatic N) is 2. The number of aromatic nitrogens is 2. The minimum absolute atomic E-state index is 0.438. The van der Waals surface area contributed by atoms with Crippen LogP contribution in [-0.2, 0) is 0 Å². The highest BCUT2D eigenvalue weighted by atomic mass is 15.1. The Balaban J connectivity index is 1.97. The van der Waals surface area contributed by atoms with Crippen molar-refractivity contribution in [2.24, 2.45) is 0 Å². The fourth-order valence-electron chi connectivity index (χ4n) is 2.25. The molecule has 1 atom stereocenters. The lowest BCUT2D eigenvalue weighted by molar-refractivity contribution is 0.788. The molecule has 5 heteroatoms. The first-order chi connectivity index (χ1) is 8.86. The van der Waals surface area contributed by atoms with Crippen molar-refractivity contribution < 1.29 is 0 Å². The molecule has 2 heterocycles. The molecule has 94 valence electrons. The first-order valence-electron chi connectivity index (χ1n) is 6.28. The zero-order chi connectivity index (χ0) is 12.4. The molecule has 2 aromatic rings. The summed E-state index contributed by atoms with van der Waals surface area (Å²) in [6.45, 7) is 2.05. The van der Waals surface area contributed by atoms with Gasteiger partial charge in [-0.1, -0.05) is 12.1 Å². The normalized spacial score (nSPS) is 19.1. The maximum Gasteiger partial charge on any atom is 0.170 e. The Morgan fingerprint density at radius 1 is 1.17 bits per heavy atom. The van der Waals surface area contributed by atoms with E-state index in [1.165, 1.54) is 0 Å². The molecule has 1 aliphatic heterocycles. The molecule has 1 aromatic carbocycles. The lowest BCUT2D eigenvalue weighted by Gasteiger charge is -2.15. The largest absolute Gasteiger partial charge is 0.370 e. The van der Waals surface area contributed by atoms with Gasteiger partial charge in [-0.2, -0.15) is 0 Å². The molecule has 3 rings (SSSR count). The van der Waals surface area contributed by atoms with E-state index in [9.17, 15) is 0 Å². The summed E-state index contributed by atoms with van der Waals surface area (Å²) in [6.07, 6.45) is 1.12. The Bertz CT molecular complexity index is 548. The van der Waals surface area contributed by atoms with E-state index < -0.39 is 0 Å². The van der Waals surface area contributed by atoms with Crippen LogP contribution in [-0.4, -0.2) is 36.1 Å². The van der Waals surface area contributed by atoms with E-state index in [2.05, 4.69) is 25.9 Å². The van der Waals surface area contributed by atoms with E-state index in [0.29, 0.717) is 6.04 Å². The quantitative estimate of drug-likeness (QED) is 0.761. The standard InChI is InChI=1S/C13H17N5/c1-14-12-13(16-9-6-7-15-8-9)18-11-5-3-2-4-10(11)17-12/h2-5,9,15H,6-8H2,1H3,(H,14,17)(H,16,18)/t9-/m0/s1. The zero-order valence-electron chi connectivity index (χ0n) is 10.4. The zero-order valence-corrected chi connectivity index (χ0v) is 10.4. The molecule has 0 spiro atoms. The average Bonchev–Trinajstić information content (AvgIpc) is 2.91. The summed E-state index contributed by atoms with van der Waals surface area (Å²) in [7, 11) is 1.87. The fraction of sp³-hybridized carbons (Fsp3) is 0.385. The predicted octanol–water partition coefficient (Wildman–Crippen LogP) is 1.45. The van der Waals surface area contributed by atoms with Gasteiger partial charge in [0, 0.05) is 19.6 Å². The fourth-order valence-corrected chi connectivity index (χ4v) is 2.25. The Morgan fingerprint density at radius 2 is 1.89 bits per heavy atom. The first kappa shape index (κ1) is 11.2. The average molecular weight is 243 g/mol. The lowest BCUT2D eigenvalue weighted by atomic mass is 10.2. The van der Waals surface area contributed by atoms with E-state index >= 15 is 0 Å². The number of benzene rings is 1. The molecule has 5 nitrogen and oxygen atoms in total. The second kappa shape index (κ2) is 4.78. The van der Waals surface area contributed by atoms with Crippen LogP contribution in [0.2, 0.25) is 0 Å². The topological polar surface area (TPSA) is 61.9 Å². The second-order valence-electron chi connectivity index (χ2n) is 4.49. The molecule has 1 fully saturated rings. The van der Waals surface area contributed by atoms with E-state index in [1.54, 1.807) is 0 Å². The summed E-state index contributed by atoms with van der Waals surface area (Å²) < 4.78 is 0. The second-order valence-corrected chi connectivity index (χ2v) is 4.49. The summed E-state index contributed by atoms with van der Waals surface area (Å²) in [5.74, 6) is 1.64. The molecule has 18 heavy (non-hydrogen) atoms. The smallest absolute Gasteiger partial charge is 0.170 e. The van der Waals surface area contributed by atoms with Gasteiger partial charge in [0.05, 0.1) is 11.0 Å². The van der Waals surface area contributed by atoms with E-state index in [-0.39, 0.29) is 0 Å². The van der Waals surface area contributed by atoms with Gasteiger partial charge in [-0.3, -0.25) is 0 Å². The molecule has 1 aliphatic rings. The highest BCUT2D eigenvalue weighted by Crippen LogP contribution is 2.22. The van der Waals surface area contributed by atoms with Crippen LogP contribution in [0.3, 0.4) is 0 Å². The number of nitrogens with one attached hydrogen (secondary N) is 3. The van der Waals surface area contributed by atoms with Gasteiger partial charge in [0.1, 0.15) is 0 Å². The summed E-state index contributed by atoms with van der Waals surface area (Å²) in [4.78, 5) is 9.22. The molecule has 0 radical (unpaired) electrons. The van der Waals surface area contributed by atoms with Gasteiger partial charge >= 0.3 is 0 Å². The number of hydrogen-bond acceptors (Lipinski definition) is 5. The van der Waals surface area contributed by atoms with Gasteiger partial charge in [-0.05, 0) is 25.1 Å². The molecule has 0 aliphatic carbocycles. The Hall–Kier alpha value is -1.88. The maximum absolute atomic E-state index is 4.65. The molecule has 0 amide bonds. The number of para-hydroxylation sites is 2. The van der Waals surface area contributed by atoms with Gasteiger partial charge in [0.25, 0.3) is 0 Å². The SMILES string of the molecule is CNc1nc2ccccc2nc1N[C@H]1CCNC1. The third-order valence-electron chi connectivity index (χ3n) is 3.21. The minimum Gasteiger partial charge on any atom is -0.370 e. The van der Waals surface area contributed by atoms with Crippen molar-refractivity contribution in [1.29, 1.82) is 0 Å². The predicted molar refractivity (Wildman–Crippen MR) is 74.0 cm³/mol. The molecule has 0 bridgehead atoms. The van der Waals surface area contributed by atoms with Gasteiger partial charge in [-0.25, -0.2) is 9.97 Å². The summed E-state index contributed by atoms with van der Waals surface area (Å²) in [5, 5.41) is 9.90. The van der Waals surface area contributed by atoms with Crippen LogP contribution in [0.25, 0.3) is 11.0 Å². The summed E-state index contributed by atoms with van der Waals surface area (Å²) in [5.41, 5.74) is 1.84. The monoisotopic (exact) mass is 243 g/mol. The molecule has 1 saturated heterocycles. The lowest BCUT2D eigenvalue weighted by Crippen LogP contribution is -2.23. The van der Waals surface area contributed by atoms with E-state index in [4.69, 9.17) is 0 Å². The van der Waals surface area contributed by atoms with Crippen molar-refractivity contribution >= 4 is 22.7 Å². The van der Waals surface area contributed by atoms with Crippen LogP contribution in [0.15, 0.2) is 24.3 Å². The molecule has 3 N–H and O–H groups in total. The van der Waals surface area contributed by atoms with Crippen LogP contribution in [0.4, 0.5) is 11.6 Å². The van der Waals surface area contributed by atoms with Crippen molar-refractivity contribution in [3.63, 3.8) is 0 Å². The van der Waals surface area contributed by atoms with E-state index in [0.717, 1.165) is 42.2 Å². The Labute approximate surface area is 106 Å². The maximum atomic E-state index is 4.65. The molecule has 0 saturated carbocycles. The minimum atomic E-state index is 0.438. The van der Waals surface area contributed by atoms with E-state index in [1.807, 2.05) is 31.3 Å². The highest BCUT2D eigenvalue weighted by Gasteiger charge is 2.17. The summed E-state index contributed by atoms with van der Waals surface area (Å²) in [6, 6.07) is 8.36. The van der Waals surface area contributed by atoms with Crippen molar-refractivity contribution in [2.75, 3.05) is 30.8 Å². The number of hydrogen-bond donors (Lipinski definition) is 3. The van der Waals surface area contributed by atoms with Crippen LogP contribution in [0, 0.1) is 0 Å². The highest BCUT2D eigenvalue weighted by molar-refractivity contribution is 5.80. The number of rotatable bonds is 3.